The molecule has 2 rings (SSSR count). The lowest BCUT2D eigenvalue weighted by Gasteiger charge is -2.23. The van der Waals surface area contributed by atoms with Crippen molar-refractivity contribution in [2.45, 2.75) is 40.0 Å². The molecule has 0 amide bonds. The number of hydrogen-bond donors (Lipinski definition) is 0. The van der Waals surface area contributed by atoms with Gasteiger partial charge in [-0.05, 0) is 34.1 Å². The molecule has 0 aliphatic carbocycles. The molecule has 0 N–H and O–H groups in total. The Labute approximate surface area is 105 Å². The van der Waals surface area contributed by atoms with Crippen LogP contribution < -0.4 is 0 Å². The average Bonchev–Trinajstić information content (AvgIpc) is 2.26. The van der Waals surface area contributed by atoms with E-state index in [2.05, 4.69) is 70.2 Å². The molecule has 0 aliphatic heterocycles. The van der Waals surface area contributed by atoms with Crippen molar-refractivity contribution in [2.24, 2.45) is 5.41 Å². The zero-order chi connectivity index (χ0) is 12.5. The van der Waals surface area contributed by atoms with Crippen LogP contribution in [0.25, 0.3) is 10.8 Å². The number of fused-ring (bicyclic) bond motifs is 1. The highest BCUT2D eigenvalue weighted by atomic mass is 14.2. The van der Waals surface area contributed by atoms with Gasteiger partial charge in [0, 0.05) is 0 Å². The van der Waals surface area contributed by atoms with E-state index in [1.807, 2.05) is 0 Å². The lowest BCUT2D eigenvalue weighted by Crippen LogP contribution is -2.09. The molecule has 0 heteroatoms. The maximum atomic E-state index is 2.34. The molecule has 0 aromatic heterocycles. The summed E-state index contributed by atoms with van der Waals surface area (Å²) in [4.78, 5) is 0. The van der Waals surface area contributed by atoms with Gasteiger partial charge < -0.3 is 0 Å². The molecule has 17 heavy (non-hydrogen) atoms. The second kappa shape index (κ2) is 4.52. The standard InChI is InChI=1S/C17H22/c1-13(12-17(2,3)4)15-10-9-14-7-5-6-8-16(14)11-15/h5-11,13H,12H2,1-4H3. The van der Waals surface area contributed by atoms with E-state index < -0.39 is 0 Å². The Morgan fingerprint density at radius 3 is 2.24 bits per heavy atom. The second-order valence-electron chi connectivity index (χ2n) is 6.27. The minimum absolute atomic E-state index is 0.394. The molecule has 2 aromatic rings. The van der Waals surface area contributed by atoms with Crippen molar-refractivity contribution >= 4 is 10.8 Å². The van der Waals surface area contributed by atoms with E-state index in [1.54, 1.807) is 0 Å². The van der Waals surface area contributed by atoms with Gasteiger partial charge in [-0.25, -0.2) is 0 Å². The molecule has 0 radical (unpaired) electrons. The smallest absolute Gasteiger partial charge is 0.0181 e. The maximum absolute atomic E-state index is 2.34. The summed E-state index contributed by atoms with van der Waals surface area (Å²) in [6.45, 7) is 9.26. The van der Waals surface area contributed by atoms with E-state index in [0.717, 1.165) is 0 Å². The van der Waals surface area contributed by atoms with Crippen molar-refractivity contribution in [3.8, 4) is 0 Å². The molecule has 0 spiro atoms. The third kappa shape index (κ3) is 3.09. The summed E-state index contributed by atoms with van der Waals surface area (Å²) in [5.74, 6) is 0.625. The van der Waals surface area contributed by atoms with Crippen LogP contribution in [-0.4, -0.2) is 0 Å². The first-order chi connectivity index (χ1) is 7.96. The largest absolute Gasteiger partial charge is 0.0616 e. The topological polar surface area (TPSA) is 0 Å². The van der Waals surface area contributed by atoms with Gasteiger partial charge >= 0.3 is 0 Å². The summed E-state index contributed by atoms with van der Waals surface area (Å²) in [7, 11) is 0. The highest BCUT2D eigenvalue weighted by molar-refractivity contribution is 5.83. The molecule has 90 valence electrons. The molecule has 0 saturated carbocycles. The summed E-state index contributed by atoms with van der Waals surface area (Å²) >= 11 is 0. The molecule has 0 saturated heterocycles. The normalized spacial score (nSPS) is 13.9. The Balaban J connectivity index is 2.30. The summed E-state index contributed by atoms with van der Waals surface area (Å²) in [6.07, 6.45) is 1.23. The first-order valence-corrected chi connectivity index (χ1v) is 6.44. The Hall–Kier alpha value is -1.30. The maximum Gasteiger partial charge on any atom is -0.0181 e. The molecule has 0 heterocycles. The molecular weight excluding hydrogens is 204 g/mol. The summed E-state index contributed by atoms with van der Waals surface area (Å²) in [5, 5.41) is 2.69. The minimum atomic E-state index is 0.394. The van der Waals surface area contributed by atoms with Crippen molar-refractivity contribution in [1.29, 1.82) is 0 Å². The predicted octanol–water partition coefficient (Wildman–Crippen LogP) is 5.38. The fourth-order valence-electron chi connectivity index (χ4n) is 2.55. The van der Waals surface area contributed by atoms with Crippen molar-refractivity contribution in [1.82, 2.24) is 0 Å². The summed E-state index contributed by atoms with van der Waals surface area (Å²) in [6, 6.07) is 15.4. The van der Waals surface area contributed by atoms with Crippen LogP contribution in [-0.2, 0) is 0 Å². The zero-order valence-electron chi connectivity index (χ0n) is 11.3. The lowest BCUT2D eigenvalue weighted by molar-refractivity contribution is 0.349. The molecule has 2 aromatic carbocycles. The predicted molar refractivity (Wildman–Crippen MR) is 76.4 cm³/mol. The Morgan fingerprint density at radius 1 is 0.941 bits per heavy atom. The van der Waals surface area contributed by atoms with E-state index in [-0.39, 0.29) is 0 Å². The highest BCUT2D eigenvalue weighted by Crippen LogP contribution is 2.31. The second-order valence-corrected chi connectivity index (χ2v) is 6.27. The lowest BCUT2D eigenvalue weighted by atomic mass is 9.82. The van der Waals surface area contributed by atoms with E-state index >= 15 is 0 Å². The quantitative estimate of drug-likeness (QED) is 0.645. The van der Waals surface area contributed by atoms with Crippen LogP contribution >= 0.6 is 0 Å². The van der Waals surface area contributed by atoms with E-state index in [1.165, 1.54) is 22.8 Å². The highest BCUT2D eigenvalue weighted by Gasteiger charge is 2.16. The van der Waals surface area contributed by atoms with Crippen molar-refractivity contribution < 1.29 is 0 Å². The summed E-state index contributed by atoms with van der Waals surface area (Å²) in [5.41, 5.74) is 1.85. The molecule has 0 nitrogen and oxygen atoms in total. The van der Waals surface area contributed by atoms with Crippen LogP contribution in [0.5, 0.6) is 0 Å². The molecule has 0 bridgehead atoms. The van der Waals surface area contributed by atoms with Crippen molar-refractivity contribution in [3.63, 3.8) is 0 Å². The fourth-order valence-corrected chi connectivity index (χ4v) is 2.55. The first kappa shape index (κ1) is 12.2. The van der Waals surface area contributed by atoms with Gasteiger partial charge in [0.1, 0.15) is 0 Å². The van der Waals surface area contributed by atoms with Gasteiger partial charge in [-0.15, -0.1) is 0 Å². The average molecular weight is 226 g/mol. The number of rotatable bonds is 2. The van der Waals surface area contributed by atoms with Crippen LogP contribution in [0.4, 0.5) is 0 Å². The third-order valence-corrected chi connectivity index (χ3v) is 3.26. The van der Waals surface area contributed by atoms with E-state index in [0.29, 0.717) is 11.3 Å². The van der Waals surface area contributed by atoms with E-state index in [9.17, 15) is 0 Å². The van der Waals surface area contributed by atoms with Crippen LogP contribution in [0.3, 0.4) is 0 Å². The van der Waals surface area contributed by atoms with Gasteiger partial charge in [-0.3, -0.25) is 0 Å². The fraction of sp³-hybridized carbons (Fsp3) is 0.412. The van der Waals surface area contributed by atoms with Gasteiger partial charge in [0.25, 0.3) is 0 Å². The van der Waals surface area contributed by atoms with Crippen LogP contribution in [0, 0.1) is 5.41 Å². The minimum Gasteiger partial charge on any atom is -0.0616 e. The van der Waals surface area contributed by atoms with Gasteiger partial charge in [0.2, 0.25) is 0 Å². The van der Waals surface area contributed by atoms with Crippen LogP contribution in [0.15, 0.2) is 42.5 Å². The zero-order valence-corrected chi connectivity index (χ0v) is 11.3. The van der Waals surface area contributed by atoms with Crippen molar-refractivity contribution in [2.75, 3.05) is 0 Å². The Bertz CT molecular complexity index is 503. The third-order valence-electron chi connectivity index (χ3n) is 3.26. The van der Waals surface area contributed by atoms with E-state index in [4.69, 9.17) is 0 Å². The number of benzene rings is 2. The molecule has 0 fully saturated rings. The molecule has 0 aliphatic rings. The molecular formula is C17H22. The van der Waals surface area contributed by atoms with Gasteiger partial charge in [0.15, 0.2) is 0 Å². The molecule has 1 atom stereocenters. The SMILES string of the molecule is CC(CC(C)(C)C)c1ccc2ccccc2c1. The summed E-state index contributed by atoms with van der Waals surface area (Å²) < 4.78 is 0. The van der Waals surface area contributed by atoms with Crippen LogP contribution in [0.1, 0.15) is 45.6 Å². The Morgan fingerprint density at radius 2 is 1.59 bits per heavy atom. The Kier molecular flexibility index (Phi) is 3.24. The van der Waals surface area contributed by atoms with Crippen LogP contribution in [0.2, 0.25) is 0 Å². The number of hydrogen-bond acceptors (Lipinski definition) is 0. The monoisotopic (exact) mass is 226 g/mol. The van der Waals surface area contributed by atoms with Gasteiger partial charge in [0.05, 0.1) is 0 Å². The van der Waals surface area contributed by atoms with Gasteiger partial charge in [-0.2, -0.15) is 0 Å². The van der Waals surface area contributed by atoms with Crippen molar-refractivity contribution in [3.05, 3.63) is 48.0 Å². The van der Waals surface area contributed by atoms with Gasteiger partial charge in [-0.1, -0.05) is 70.2 Å². The molecule has 1 unspecified atom stereocenters. The first-order valence-electron chi connectivity index (χ1n) is 6.44.